The van der Waals surface area contributed by atoms with Crippen LogP contribution in [0.15, 0.2) is 52.0 Å². The molecule has 0 heterocycles. The van der Waals surface area contributed by atoms with Crippen molar-refractivity contribution in [2.24, 2.45) is 5.10 Å². The van der Waals surface area contributed by atoms with Crippen LogP contribution >= 0.6 is 39.1 Å². The third-order valence-electron chi connectivity index (χ3n) is 2.53. The number of halogens is 3. The fraction of sp³-hybridized carbons (Fsp3) is 0.0667. The van der Waals surface area contributed by atoms with Crippen molar-refractivity contribution in [3.8, 4) is 5.75 Å². The number of hydrogen-bond acceptors (Lipinski definition) is 3. The molecule has 1 amide bonds. The molecule has 0 atom stereocenters. The lowest BCUT2D eigenvalue weighted by Gasteiger charge is -2.07. The number of carbonyl (C=O) groups excluding carboxylic acids is 1. The van der Waals surface area contributed by atoms with Crippen LogP contribution in [0, 0.1) is 0 Å². The van der Waals surface area contributed by atoms with Crippen molar-refractivity contribution in [1.82, 2.24) is 5.43 Å². The molecule has 0 aliphatic carbocycles. The second kappa shape index (κ2) is 8.17. The lowest BCUT2D eigenvalue weighted by molar-refractivity contribution is -0.123. The van der Waals surface area contributed by atoms with E-state index in [1.807, 2.05) is 0 Å². The predicted molar refractivity (Wildman–Crippen MR) is 91.8 cm³/mol. The van der Waals surface area contributed by atoms with Crippen molar-refractivity contribution in [3.05, 3.63) is 62.5 Å². The standard InChI is InChI=1S/C15H11BrCl2N2O2/c16-11-3-6-14(13(18)7-11)22-9-15(21)20-19-8-10-1-4-12(17)5-2-10/h1-8H,9H2,(H,20,21). The van der Waals surface area contributed by atoms with Gasteiger partial charge in [-0.2, -0.15) is 5.10 Å². The Morgan fingerprint density at radius 1 is 1.23 bits per heavy atom. The summed E-state index contributed by atoms with van der Waals surface area (Å²) in [4.78, 5) is 11.6. The van der Waals surface area contributed by atoms with Gasteiger partial charge in [0.2, 0.25) is 0 Å². The Balaban J connectivity index is 1.81. The van der Waals surface area contributed by atoms with Crippen molar-refractivity contribution in [1.29, 1.82) is 0 Å². The predicted octanol–water partition coefficient (Wildman–Crippen LogP) is 4.29. The van der Waals surface area contributed by atoms with Gasteiger partial charge in [-0.1, -0.05) is 51.3 Å². The summed E-state index contributed by atoms with van der Waals surface area (Å²) < 4.78 is 6.15. The number of amides is 1. The van der Waals surface area contributed by atoms with Gasteiger partial charge in [-0.3, -0.25) is 4.79 Å². The highest BCUT2D eigenvalue weighted by Crippen LogP contribution is 2.27. The molecule has 0 aliphatic rings. The Morgan fingerprint density at radius 3 is 2.64 bits per heavy atom. The molecule has 0 bridgehead atoms. The smallest absolute Gasteiger partial charge is 0.277 e. The molecular weight excluding hydrogens is 391 g/mol. The van der Waals surface area contributed by atoms with Gasteiger partial charge < -0.3 is 4.74 Å². The van der Waals surface area contributed by atoms with Gasteiger partial charge in [0, 0.05) is 9.50 Å². The first-order valence-electron chi connectivity index (χ1n) is 6.20. The molecule has 0 aliphatic heterocycles. The lowest BCUT2D eigenvalue weighted by Crippen LogP contribution is -2.24. The molecule has 0 saturated carbocycles. The fourth-order valence-electron chi connectivity index (χ4n) is 1.50. The normalized spacial score (nSPS) is 10.7. The number of hydrazone groups is 1. The van der Waals surface area contributed by atoms with Gasteiger partial charge in [0.25, 0.3) is 5.91 Å². The van der Waals surface area contributed by atoms with Gasteiger partial charge in [-0.05, 0) is 35.9 Å². The second-order valence-corrected chi connectivity index (χ2v) is 5.97. The summed E-state index contributed by atoms with van der Waals surface area (Å²) >= 11 is 15.0. The third-order valence-corrected chi connectivity index (χ3v) is 3.57. The molecular formula is C15H11BrCl2N2O2. The number of rotatable bonds is 5. The summed E-state index contributed by atoms with van der Waals surface area (Å²) in [7, 11) is 0. The molecule has 0 saturated heterocycles. The van der Waals surface area contributed by atoms with E-state index in [-0.39, 0.29) is 12.5 Å². The quantitative estimate of drug-likeness (QED) is 0.600. The van der Waals surface area contributed by atoms with Crippen molar-refractivity contribution in [3.63, 3.8) is 0 Å². The van der Waals surface area contributed by atoms with E-state index in [1.165, 1.54) is 6.21 Å². The first-order chi connectivity index (χ1) is 10.5. The third kappa shape index (κ3) is 5.33. The summed E-state index contributed by atoms with van der Waals surface area (Å²) in [6.45, 7) is -0.181. The Kier molecular flexibility index (Phi) is 6.24. The van der Waals surface area contributed by atoms with Crippen LogP contribution in [0.25, 0.3) is 0 Å². The van der Waals surface area contributed by atoms with Crippen LogP contribution in [-0.2, 0) is 4.79 Å². The zero-order valence-corrected chi connectivity index (χ0v) is 14.3. The number of benzene rings is 2. The Hall–Kier alpha value is -1.56. The number of hydrogen-bond donors (Lipinski definition) is 1. The maximum atomic E-state index is 11.6. The highest BCUT2D eigenvalue weighted by atomic mass is 79.9. The van der Waals surface area contributed by atoms with E-state index in [2.05, 4.69) is 26.5 Å². The molecule has 114 valence electrons. The molecule has 2 aromatic rings. The maximum absolute atomic E-state index is 11.6. The molecule has 0 fully saturated rings. The fourth-order valence-corrected chi connectivity index (χ4v) is 2.35. The summed E-state index contributed by atoms with van der Waals surface area (Å²) in [5.74, 6) is 0.0471. The monoisotopic (exact) mass is 400 g/mol. The number of ether oxygens (including phenoxy) is 1. The summed E-state index contributed by atoms with van der Waals surface area (Å²) in [6.07, 6.45) is 1.51. The van der Waals surface area contributed by atoms with Crippen LogP contribution < -0.4 is 10.2 Å². The van der Waals surface area contributed by atoms with E-state index >= 15 is 0 Å². The van der Waals surface area contributed by atoms with Crippen molar-refractivity contribution < 1.29 is 9.53 Å². The van der Waals surface area contributed by atoms with Gasteiger partial charge in [0.05, 0.1) is 11.2 Å². The van der Waals surface area contributed by atoms with Crippen LogP contribution in [-0.4, -0.2) is 18.7 Å². The lowest BCUT2D eigenvalue weighted by atomic mass is 10.2. The first-order valence-corrected chi connectivity index (χ1v) is 7.75. The van der Waals surface area contributed by atoms with Crippen LogP contribution in [0.5, 0.6) is 5.75 Å². The molecule has 0 spiro atoms. The van der Waals surface area contributed by atoms with E-state index in [1.54, 1.807) is 42.5 Å². The van der Waals surface area contributed by atoms with Crippen LogP contribution in [0.4, 0.5) is 0 Å². The summed E-state index contributed by atoms with van der Waals surface area (Å²) in [5.41, 5.74) is 3.19. The first kappa shape index (κ1) is 16.8. The second-order valence-electron chi connectivity index (χ2n) is 4.21. The van der Waals surface area contributed by atoms with Crippen LogP contribution in [0.2, 0.25) is 10.0 Å². The summed E-state index contributed by atoms with van der Waals surface area (Å²) in [6, 6.07) is 12.2. The van der Waals surface area contributed by atoms with Crippen molar-refractivity contribution >= 4 is 51.3 Å². The molecule has 22 heavy (non-hydrogen) atoms. The Bertz CT molecular complexity index is 690. The van der Waals surface area contributed by atoms with E-state index in [0.29, 0.717) is 15.8 Å². The largest absolute Gasteiger partial charge is 0.482 e. The molecule has 0 unspecified atom stereocenters. The van der Waals surface area contributed by atoms with E-state index in [4.69, 9.17) is 27.9 Å². The van der Waals surface area contributed by atoms with Gasteiger partial charge >= 0.3 is 0 Å². The van der Waals surface area contributed by atoms with E-state index in [9.17, 15) is 4.79 Å². The maximum Gasteiger partial charge on any atom is 0.277 e. The SMILES string of the molecule is O=C(COc1ccc(Br)cc1Cl)NN=Cc1ccc(Cl)cc1. The summed E-state index contributed by atoms with van der Waals surface area (Å²) in [5, 5.41) is 4.89. The van der Waals surface area contributed by atoms with E-state index < -0.39 is 0 Å². The Morgan fingerprint density at radius 2 is 1.95 bits per heavy atom. The molecule has 2 aromatic carbocycles. The highest BCUT2D eigenvalue weighted by Gasteiger charge is 2.05. The minimum Gasteiger partial charge on any atom is -0.482 e. The molecule has 2 rings (SSSR count). The highest BCUT2D eigenvalue weighted by molar-refractivity contribution is 9.10. The molecule has 1 N–H and O–H groups in total. The zero-order chi connectivity index (χ0) is 15.9. The number of carbonyl (C=O) groups is 1. The van der Waals surface area contributed by atoms with E-state index in [0.717, 1.165) is 10.0 Å². The van der Waals surface area contributed by atoms with Gasteiger partial charge in [-0.15, -0.1) is 0 Å². The van der Waals surface area contributed by atoms with Gasteiger partial charge in [0.1, 0.15) is 5.75 Å². The molecule has 7 heteroatoms. The van der Waals surface area contributed by atoms with Crippen molar-refractivity contribution in [2.45, 2.75) is 0 Å². The minimum atomic E-state index is -0.385. The average Bonchev–Trinajstić information content (AvgIpc) is 2.48. The Labute approximate surface area is 146 Å². The minimum absolute atomic E-state index is 0.181. The zero-order valence-electron chi connectivity index (χ0n) is 11.2. The molecule has 4 nitrogen and oxygen atoms in total. The molecule has 0 radical (unpaired) electrons. The van der Waals surface area contributed by atoms with Gasteiger partial charge in [-0.25, -0.2) is 5.43 Å². The van der Waals surface area contributed by atoms with Gasteiger partial charge in [0.15, 0.2) is 6.61 Å². The molecule has 0 aromatic heterocycles. The van der Waals surface area contributed by atoms with Crippen LogP contribution in [0.3, 0.4) is 0 Å². The van der Waals surface area contributed by atoms with Crippen molar-refractivity contribution in [2.75, 3.05) is 6.61 Å². The average molecular weight is 402 g/mol. The topological polar surface area (TPSA) is 50.7 Å². The number of nitrogens with zero attached hydrogens (tertiary/aromatic N) is 1. The number of nitrogens with one attached hydrogen (secondary N) is 1. The van der Waals surface area contributed by atoms with Crippen LogP contribution in [0.1, 0.15) is 5.56 Å².